The van der Waals surface area contributed by atoms with Gasteiger partial charge in [0.15, 0.2) is 11.5 Å². The van der Waals surface area contributed by atoms with Gasteiger partial charge in [0.05, 0.1) is 13.2 Å². The maximum Gasteiger partial charge on any atom is 0.252 e. The van der Waals surface area contributed by atoms with Crippen LogP contribution in [-0.2, 0) is 0 Å². The summed E-state index contributed by atoms with van der Waals surface area (Å²) >= 11 is 0. The van der Waals surface area contributed by atoms with Gasteiger partial charge in [-0.1, -0.05) is 0 Å². The molecule has 0 saturated carbocycles. The van der Waals surface area contributed by atoms with Crippen molar-refractivity contribution in [1.29, 1.82) is 0 Å². The Labute approximate surface area is 97.3 Å². The highest BCUT2D eigenvalue weighted by Crippen LogP contribution is 2.31. The van der Waals surface area contributed by atoms with Crippen molar-refractivity contribution in [3.05, 3.63) is 17.3 Å². The molecule has 1 aliphatic heterocycles. The van der Waals surface area contributed by atoms with E-state index in [0.717, 1.165) is 19.3 Å². The molecule has 17 heavy (non-hydrogen) atoms. The second kappa shape index (κ2) is 4.12. The lowest BCUT2D eigenvalue weighted by atomic mass is 10.2. The zero-order chi connectivity index (χ0) is 11.7. The summed E-state index contributed by atoms with van der Waals surface area (Å²) in [4.78, 5) is 0.367. The fraction of sp³-hybridized carbons (Fsp3) is 0.455. The van der Waals surface area contributed by atoms with Gasteiger partial charge in [-0.15, -0.1) is 0 Å². The highest BCUT2D eigenvalue weighted by Gasteiger charge is 2.17. The van der Waals surface area contributed by atoms with Gasteiger partial charge in [0, 0.05) is 17.3 Å². The van der Waals surface area contributed by atoms with Crippen LogP contribution in [0.5, 0.6) is 11.5 Å². The van der Waals surface area contributed by atoms with Gasteiger partial charge in [-0.2, -0.15) is 0 Å². The van der Waals surface area contributed by atoms with E-state index in [4.69, 9.17) is 9.47 Å². The molecular weight excluding hydrogens is 224 g/mol. The monoisotopic (exact) mass is 236 g/mol. The van der Waals surface area contributed by atoms with E-state index in [9.17, 15) is 5.21 Å². The van der Waals surface area contributed by atoms with Crippen molar-refractivity contribution in [2.75, 3.05) is 13.2 Å². The van der Waals surface area contributed by atoms with Gasteiger partial charge >= 0.3 is 0 Å². The van der Waals surface area contributed by atoms with Gasteiger partial charge in [0.2, 0.25) is 5.52 Å². The van der Waals surface area contributed by atoms with E-state index in [1.807, 2.05) is 0 Å². The number of rotatable bonds is 0. The predicted molar refractivity (Wildman–Crippen MR) is 57.8 cm³/mol. The zero-order valence-corrected chi connectivity index (χ0v) is 9.22. The molecule has 6 heteroatoms. The lowest BCUT2D eigenvalue weighted by molar-refractivity contribution is -0.782. The molecule has 0 spiro atoms. The molecule has 0 fully saturated rings. The third-order valence-electron chi connectivity index (χ3n) is 2.75. The Kier molecular flexibility index (Phi) is 2.47. The smallest absolute Gasteiger partial charge is 0.252 e. The Morgan fingerprint density at radius 3 is 2.53 bits per heavy atom. The molecule has 2 aromatic rings. The molecule has 0 bridgehead atoms. The van der Waals surface area contributed by atoms with Crippen LogP contribution >= 0.6 is 0 Å². The van der Waals surface area contributed by atoms with E-state index in [2.05, 4.69) is 9.79 Å². The molecule has 90 valence electrons. The van der Waals surface area contributed by atoms with Gasteiger partial charge in [0.25, 0.3) is 5.52 Å². The van der Waals surface area contributed by atoms with E-state index < -0.39 is 0 Å². The van der Waals surface area contributed by atoms with Crippen molar-refractivity contribution >= 4 is 11.0 Å². The highest BCUT2D eigenvalue weighted by molar-refractivity contribution is 5.75. The van der Waals surface area contributed by atoms with Gasteiger partial charge in [-0.05, 0) is 24.2 Å². The summed E-state index contributed by atoms with van der Waals surface area (Å²) in [7, 11) is 0. The van der Waals surface area contributed by atoms with Crippen LogP contribution in [-0.4, -0.2) is 18.4 Å². The van der Waals surface area contributed by atoms with Crippen molar-refractivity contribution in [1.82, 2.24) is 5.16 Å². The predicted octanol–water partition coefficient (Wildman–Crippen LogP) is 1.40. The molecule has 0 saturated heterocycles. The lowest BCUT2D eigenvalue weighted by Crippen LogP contribution is -2.22. The van der Waals surface area contributed by atoms with E-state index in [-0.39, 0.29) is 0 Å². The van der Waals surface area contributed by atoms with Crippen molar-refractivity contribution in [3.63, 3.8) is 0 Å². The average Bonchev–Trinajstić information content (AvgIpc) is 2.73. The molecule has 0 aliphatic carbocycles. The fourth-order valence-electron chi connectivity index (χ4n) is 1.85. The quantitative estimate of drug-likeness (QED) is 0.646. The van der Waals surface area contributed by atoms with Crippen LogP contribution in [0.15, 0.2) is 16.8 Å². The minimum Gasteiger partial charge on any atom is -0.490 e. The van der Waals surface area contributed by atoms with Crippen molar-refractivity contribution in [2.45, 2.75) is 19.3 Å². The van der Waals surface area contributed by atoms with Crippen LogP contribution < -0.4 is 14.4 Å². The summed E-state index contributed by atoms with van der Waals surface area (Å²) in [5.41, 5.74) is 0.827. The molecule has 0 N–H and O–H groups in total. The molecular formula is C11H12N2O4. The Balaban J connectivity index is 2.07. The van der Waals surface area contributed by atoms with Gasteiger partial charge in [0.1, 0.15) is 0 Å². The molecule has 3 rings (SSSR count). The summed E-state index contributed by atoms with van der Waals surface area (Å²) in [5, 5.41) is 14.9. The number of fused-ring (bicyclic) bond motifs is 2. The largest absolute Gasteiger partial charge is 0.490 e. The number of aromatic nitrogens is 2. The van der Waals surface area contributed by atoms with E-state index in [0.29, 0.717) is 40.6 Å². The Bertz CT molecular complexity index is 537. The summed E-state index contributed by atoms with van der Waals surface area (Å²) in [6, 6.07) is 3.29. The molecule has 1 aromatic carbocycles. The summed E-state index contributed by atoms with van der Waals surface area (Å²) in [6.45, 7) is 1.28. The molecule has 1 aromatic heterocycles. The van der Waals surface area contributed by atoms with E-state index in [1.165, 1.54) is 0 Å². The minimum atomic E-state index is 0.353. The minimum absolute atomic E-state index is 0.353. The first kappa shape index (κ1) is 10.2. The molecule has 6 nitrogen and oxygen atoms in total. The van der Waals surface area contributed by atoms with Crippen LogP contribution in [0.1, 0.15) is 19.3 Å². The van der Waals surface area contributed by atoms with Gasteiger partial charge in [-0.3, -0.25) is 4.63 Å². The van der Waals surface area contributed by atoms with Crippen LogP contribution in [0.3, 0.4) is 0 Å². The maximum absolute atomic E-state index is 11.3. The van der Waals surface area contributed by atoms with Crippen LogP contribution in [0.2, 0.25) is 0 Å². The second-order valence-electron chi connectivity index (χ2n) is 3.98. The Hall–Kier alpha value is -1.98. The average molecular weight is 236 g/mol. The molecule has 1 aliphatic rings. The first-order chi connectivity index (χ1) is 8.34. The molecule has 0 unspecified atom stereocenters. The standard InChI is InChI=1S/C11H12N2O4/c14-13-9-7-11-10(6-8(9)12-17-13)15-4-2-1-3-5-16-11/h6-7H,1-5H2. The lowest BCUT2D eigenvalue weighted by Gasteiger charge is -2.08. The summed E-state index contributed by atoms with van der Waals surface area (Å²) < 4.78 is 15.7. The highest BCUT2D eigenvalue weighted by atomic mass is 16.8. The van der Waals surface area contributed by atoms with Crippen molar-refractivity contribution < 1.29 is 19.0 Å². The Morgan fingerprint density at radius 1 is 1.06 bits per heavy atom. The first-order valence-corrected chi connectivity index (χ1v) is 5.64. The Morgan fingerprint density at radius 2 is 1.76 bits per heavy atom. The summed E-state index contributed by atoms with van der Waals surface area (Å²) in [6.07, 6.45) is 3.07. The van der Waals surface area contributed by atoms with Crippen LogP contribution in [0.25, 0.3) is 11.0 Å². The van der Waals surface area contributed by atoms with E-state index in [1.54, 1.807) is 12.1 Å². The number of hydrogen-bond donors (Lipinski definition) is 0. The van der Waals surface area contributed by atoms with Gasteiger partial charge in [-0.25, -0.2) is 0 Å². The van der Waals surface area contributed by atoms with Crippen LogP contribution in [0, 0.1) is 5.21 Å². The molecule has 2 heterocycles. The fourth-order valence-corrected chi connectivity index (χ4v) is 1.85. The first-order valence-electron chi connectivity index (χ1n) is 5.64. The topological polar surface area (TPSA) is 71.4 Å². The van der Waals surface area contributed by atoms with Crippen molar-refractivity contribution in [2.24, 2.45) is 0 Å². The third-order valence-corrected chi connectivity index (χ3v) is 2.75. The number of hydrogen-bond acceptors (Lipinski definition) is 5. The molecule has 0 radical (unpaired) electrons. The second-order valence-corrected chi connectivity index (χ2v) is 3.98. The SMILES string of the molecule is [O-][n+]1onc2cc3c(cc21)OCCCCCO3. The summed E-state index contributed by atoms with van der Waals surface area (Å²) in [5.74, 6) is 1.19. The number of benzene rings is 1. The van der Waals surface area contributed by atoms with Crippen molar-refractivity contribution in [3.8, 4) is 11.5 Å². The maximum atomic E-state index is 11.3. The number of nitrogens with zero attached hydrogens (tertiary/aromatic N) is 2. The van der Waals surface area contributed by atoms with Crippen LogP contribution in [0.4, 0.5) is 0 Å². The third kappa shape index (κ3) is 1.86. The molecule has 0 amide bonds. The van der Waals surface area contributed by atoms with E-state index >= 15 is 0 Å². The zero-order valence-electron chi connectivity index (χ0n) is 9.22. The normalized spacial score (nSPS) is 16.2. The molecule has 0 atom stereocenters. The number of ether oxygens (including phenoxy) is 2. The van der Waals surface area contributed by atoms with Gasteiger partial charge < -0.3 is 14.7 Å².